The van der Waals surface area contributed by atoms with Crippen LogP contribution in [0.4, 0.5) is 0 Å². The number of benzene rings is 1. The average Bonchev–Trinajstić information content (AvgIpc) is 2.17. The molecule has 0 aliphatic heterocycles. The van der Waals surface area contributed by atoms with E-state index in [1.807, 2.05) is 6.07 Å². The van der Waals surface area contributed by atoms with Gasteiger partial charge in [-0.2, -0.15) is 0 Å². The maximum Gasteiger partial charge on any atom is 0.309 e. The zero-order chi connectivity index (χ0) is 11.3. The maximum absolute atomic E-state index is 11.1. The normalized spacial score (nSPS) is 10.3. The van der Waals surface area contributed by atoms with Gasteiger partial charge in [-0.25, -0.2) is 0 Å². The van der Waals surface area contributed by atoms with Crippen LogP contribution in [0.5, 0.6) is 5.75 Å². The van der Waals surface area contributed by atoms with Crippen LogP contribution in [0.3, 0.4) is 0 Å². The lowest BCUT2D eigenvalue weighted by Crippen LogP contribution is -2.10. The van der Waals surface area contributed by atoms with Gasteiger partial charge >= 0.3 is 5.97 Å². The quantitative estimate of drug-likeness (QED) is 0.487. The third-order valence-electron chi connectivity index (χ3n) is 1.72. The minimum atomic E-state index is -0.206. The molecule has 0 fully saturated rings. The van der Waals surface area contributed by atoms with Crippen LogP contribution in [0, 0.1) is 5.92 Å². The standard InChI is InChI=1S/C11H14O3S/c1-8(2)11(13)14-7-15-10-5-3-4-9(12)6-10/h3-6,8,12H,7H2,1-2H3. The summed E-state index contributed by atoms with van der Waals surface area (Å²) in [6.45, 7) is 3.59. The molecule has 1 aromatic rings. The molecule has 0 radical (unpaired) electrons. The van der Waals surface area contributed by atoms with Gasteiger partial charge in [0.05, 0.1) is 5.92 Å². The number of thioether (sulfide) groups is 1. The summed E-state index contributed by atoms with van der Waals surface area (Å²) in [4.78, 5) is 12.0. The van der Waals surface area contributed by atoms with Crippen molar-refractivity contribution in [2.24, 2.45) is 5.92 Å². The first kappa shape index (κ1) is 11.9. The lowest BCUT2D eigenvalue weighted by atomic mass is 10.2. The van der Waals surface area contributed by atoms with E-state index >= 15 is 0 Å². The van der Waals surface area contributed by atoms with E-state index in [2.05, 4.69) is 0 Å². The van der Waals surface area contributed by atoms with Crippen molar-refractivity contribution in [3.8, 4) is 5.75 Å². The Morgan fingerprint density at radius 1 is 1.53 bits per heavy atom. The SMILES string of the molecule is CC(C)C(=O)OCSc1cccc(O)c1. The van der Waals surface area contributed by atoms with Crippen molar-refractivity contribution in [1.29, 1.82) is 0 Å². The van der Waals surface area contributed by atoms with Crippen LogP contribution >= 0.6 is 11.8 Å². The first-order valence-corrected chi connectivity index (χ1v) is 5.66. The molecule has 0 atom stereocenters. The van der Waals surface area contributed by atoms with Gasteiger partial charge in [-0.3, -0.25) is 4.79 Å². The number of hydrogen-bond acceptors (Lipinski definition) is 4. The summed E-state index contributed by atoms with van der Waals surface area (Å²) in [6, 6.07) is 6.84. The highest BCUT2D eigenvalue weighted by Gasteiger charge is 2.07. The minimum absolute atomic E-state index is 0.102. The molecule has 4 heteroatoms. The number of phenols is 1. The van der Waals surface area contributed by atoms with Gasteiger partial charge in [-0.1, -0.05) is 31.7 Å². The van der Waals surface area contributed by atoms with Gasteiger partial charge in [0, 0.05) is 4.90 Å². The van der Waals surface area contributed by atoms with Gasteiger partial charge in [0.25, 0.3) is 0 Å². The second kappa shape index (κ2) is 5.66. The van der Waals surface area contributed by atoms with E-state index in [4.69, 9.17) is 4.74 Å². The van der Waals surface area contributed by atoms with Gasteiger partial charge in [0.1, 0.15) is 11.7 Å². The second-order valence-corrected chi connectivity index (χ2v) is 4.37. The van der Waals surface area contributed by atoms with Crippen LogP contribution in [0.1, 0.15) is 13.8 Å². The van der Waals surface area contributed by atoms with Gasteiger partial charge in [0.15, 0.2) is 0 Å². The Balaban J connectivity index is 2.35. The molecule has 0 saturated heterocycles. The topological polar surface area (TPSA) is 46.5 Å². The van der Waals surface area contributed by atoms with Crippen molar-refractivity contribution in [3.63, 3.8) is 0 Å². The third-order valence-corrected chi connectivity index (χ3v) is 2.54. The Labute approximate surface area is 93.4 Å². The van der Waals surface area contributed by atoms with E-state index in [-0.39, 0.29) is 23.6 Å². The summed E-state index contributed by atoms with van der Waals surface area (Å²) in [5.74, 6) is 0.188. The summed E-state index contributed by atoms with van der Waals surface area (Å²) in [5.41, 5.74) is 0. The highest BCUT2D eigenvalue weighted by atomic mass is 32.2. The molecule has 1 aromatic carbocycles. The van der Waals surface area contributed by atoms with Crippen LogP contribution in [-0.4, -0.2) is 17.0 Å². The third kappa shape index (κ3) is 4.25. The molecular formula is C11H14O3S. The Kier molecular flexibility index (Phi) is 4.49. The van der Waals surface area contributed by atoms with Gasteiger partial charge < -0.3 is 9.84 Å². The second-order valence-electron chi connectivity index (χ2n) is 3.38. The summed E-state index contributed by atoms with van der Waals surface area (Å²) in [7, 11) is 0. The van der Waals surface area contributed by atoms with E-state index in [1.165, 1.54) is 11.8 Å². The van der Waals surface area contributed by atoms with Crippen molar-refractivity contribution in [1.82, 2.24) is 0 Å². The molecule has 1 N–H and O–H groups in total. The Morgan fingerprint density at radius 3 is 2.87 bits per heavy atom. The molecule has 3 nitrogen and oxygen atoms in total. The molecular weight excluding hydrogens is 212 g/mol. The molecule has 0 unspecified atom stereocenters. The molecule has 82 valence electrons. The van der Waals surface area contributed by atoms with Gasteiger partial charge in [-0.15, -0.1) is 0 Å². The number of rotatable bonds is 4. The first-order valence-electron chi connectivity index (χ1n) is 4.68. The van der Waals surface area contributed by atoms with Crippen LogP contribution in [0.15, 0.2) is 29.2 Å². The fourth-order valence-electron chi connectivity index (χ4n) is 0.896. The van der Waals surface area contributed by atoms with Crippen molar-refractivity contribution in [2.45, 2.75) is 18.7 Å². The Morgan fingerprint density at radius 2 is 2.27 bits per heavy atom. The fraction of sp³-hybridized carbons (Fsp3) is 0.364. The van der Waals surface area contributed by atoms with E-state index in [0.29, 0.717) is 0 Å². The van der Waals surface area contributed by atoms with Crippen LogP contribution in [0.2, 0.25) is 0 Å². The largest absolute Gasteiger partial charge is 0.508 e. The maximum atomic E-state index is 11.1. The van der Waals surface area contributed by atoms with Crippen molar-refractivity contribution in [3.05, 3.63) is 24.3 Å². The number of aromatic hydroxyl groups is 1. The summed E-state index contributed by atoms with van der Waals surface area (Å²) in [5, 5.41) is 9.19. The predicted octanol–water partition coefficient (Wildman–Crippen LogP) is 2.64. The number of carbonyl (C=O) groups is 1. The van der Waals surface area contributed by atoms with Gasteiger partial charge in [-0.05, 0) is 18.2 Å². The minimum Gasteiger partial charge on any atom is -0.508 e. The highest BCUT2D eigenvalue weighted by molar-refractivity contribution is 7.99. The van der Waals surface area contributed by atoms with Crippen LogP contribution < -0.4 is 0 Å². The first-order chi connectivity index (χ1) is 7.09. The van der Waals surface area contributed by atoms with Crippen molar-refractivity contribution in [2.75, 3.05) is 5.94 Å². The Hall–Kier alpha value is -1.16. The highest BCUT2D eigenvalue weighted by Crippen LogP contribution is 2.22. The molecule has 0 bridgehead atoms. The van der Waals surface area contributed by atoms with E-state index in [1.54, 1.807) is 32.0 Å². The molecule has 0 amide bonds. The number of esters is 1. The molecule has 0 aliphatic rings. The lowest BCUT2D eigenvalue weighted by molar-refractivity contribution is -0.144. The number of hydrogen-bond donors (Lipinski definition) is 1. The lowest BCUT2D eigenvalue weighted by Gasteiger charge is -2.06. The zero-order valence-corrected chi connectivity index (χ0v) is 9.58. The number of phenolic OH excluding ortho intramolecular Hbond substituents is 1. The molecule has 15 heavy (non-hydrogen) atoms. The number of ether oxygens (including phenoxy) is 1. The average molecular weight is 226 g/mol. The molecule has 0 heterocycles. The molecule has 0 saturated carbocycles. The van der Waals surface area contributed by atoms with Crippen molar-refractivity contribution < 1.29 is 14.6 Å². The van der Waals surface area contributed by atoms with Gasteiger partial charge in [0.2, 0.25) is 0 Å². The molecule has 0 aromatic heterocycles. The van der Waals surface area contributed by atoms with E-state index < -0.39 is 0 Å². The summed E-state index contributed by atoms with van der Waals surface area (Å²) >= 11 is 1.38. The van der Waals surface area contributed by atoms with Crippen LogP contribution in [0.25, 0.3) is 0 Å². The molecule has 0 spiro atoms. The number of carbonyl (C=O) groups excluding carboxylic acids is 1. The zero-order valence-electron chi connectivity index (χ0n) is 8.77. The van der Waals surface area contributed by atoms with Crippen molar-refractivity contribution >= 4 is 17.7 Å². The molecule has 1 rings (SSSR count). The fourth-order valence-corrected chi connectivity index (χ4v) is 1.59. The Bertz CT molecular complexity index is 336. The van der Waals surface area contributed by atoms with E-state index in [9.17, 15) is 9.90 Å². The summed E-state index contributed by atoms with van der Waals surface area (Å²) < 4.78 is 4.99. The smallest absolute Gasteiger partial charge is 0.309 e. The summed E-state index contributed by atoms with van der Waals surface area (Å²) in [6.07, 6.45) is 0. The molecule has 0 aliphatic carbocycles. The van der Waals surface area contributed by atoms with Crippen LogP contribution in [-0.2, 0) is 9.53 Å². The monoisotopic (exact) mass is 226 g/mol. The predicted molar refractivity (Wildman–Crippen MR) is 59.8 cm³/mol. The van der Waals surface area contributed by atoms with E-state index in [0.717, 1.165) is 4.90 Å².